The van der Waals surface area contributed by atoms with E-state index in [1.54, 1.807) is 0 Å². The summed E-state index contributed by atoms with van der Waals surface area (Å²) in [5.41, 5.74) is 3.92. The Morgan fingerprint density at radius 1 is 1.04 bits per heavy atom. The molecule has 23 heavy (non-hydrogen) atoms. The SMILES string of the molecule is CC.CC1=CCCC=C1Oc1nc(C)nc2c1CCC(C)(C)C2. The molecule has 1 heterocycles. The Balaban J connectivity index is 0.000000924. The molecule has 0 aliphatic heterocycles. The Kier molecular flexibility index (Phi) is 5.61. The first kappa shape index (κ1) is 17.7. The van der Waals surface area contributed by atoms with E-state index >= 15 is 0 Å². The van der Waals surface area contributed by atoms with Gasteiger partial charge in [0.25, 0.3) is 0 Å². The van der Waals surface area contributed by atoms with Gasteiger partial charge in [0.15, 0.2) is 0 Å². The third kappa shape index (κ3) is 4.21. The molecule has 0 aromatic carbocycles. The van der Waals surface area contributed by atoms with Crippen LogP contribution in [-0.2, 0) is 12.8 Å². The summed E-state index contributed by atoms with van der Waals surface area (Å²) in [6.45, 7) is 12.7. The van der Waals surface area contributed by atoms with Crippen LogP contribution in [0.15, 0.2) is 23.5 Å². The number of fused-ring (bicyclic) bond motifs is 1. The molecule has 0 unspecified atom stereocenters. The van der Waals surface area contributed by atoms with Gasteiger partial charge in [-0.3, -0.25) is 0 Å². The maximum Gasteiger partial charge on any atom is 0.225 e. The molecule has 0 fully saturated rings. The molecule has 3 rings (SSSR count). The molecule has 126 valence electrons. The fraction of sp³-hybridized carbons (Fsp3) is 0.600. The lowest BCUT2D eigenvalue weighted by Gasteiger charge is -2.31. The van der Waals surface area contributed by atoms with Crippen molar-refractivity contribution in [2.75, 3.05) is 0 Å². The molecule has 3 heteroatoms. The Hall–Kier alpha value is -1.64. The molecular weight excluding hydrogens is 284 g/mol. The van der Waals surface area contributed by atoms with Crippen LogP contribution in [0.25, 0.3) is 0 Å². The normalized spacial score (nSPS) is 18.9. The molecule has 0 saturated carbocycles. The second-order valence-electron chi connectivity index (χ2n) is 6.98. The maximum atomic E-state index is 6.16. The van der Waals surface area contributed by atoms with Gasteiger partial charge in [0.1, 0.15) is 11.6 Å². The lowest BCUT2D eigenvalue weighted by Crippen LogP contribution is -2.24. The summed E-state index contributed by atoms with van der Waals surface area (Å²) in [5.74, 6) is 2.54. The summed E-state index contributed by atoms with van der Waals surface area (Å²) in [7, 11) is 0. The second-order valence-corrected chi connectivity index (χ2v) is 6.98. The van der Waals surface area contributed by atoms with Crippen LogP contribution < -0.4 is 4.74 Å². The highest BCUT2D eigenvalue weighted by Gasteiger charge is 2.29. The number of rotatable bonds is 2. The van der Waals surface area contributed by atoms with Crippen LogP contribution in [-0.4, -0.2) is 9.97 Å². The van der Waals surface area contributed by atoms with Gasteiger partial charge in [-0.2, -0.15) is 4.98 Å². The monoisotopic (exact) mass is 314 g/mol. The van der Waals surface area contributed by atoms with Crippen LogP contribution >= 0.6 is 0 Å². The van der Waals surface area contributed by atoms with Crippen molar-refractivity contribution in [1.29, 1.82) is 0 Å². The van der Waals surface area contributed by atoms with E-state index in [0.717, 1.165) is 49.6 Å². The number of aromatic nitrogens is 2. The molecule has 2 aliphatic carbocycles. The third-order valence-corrected chi connectivity index (χ3v) is 4.41. The van der Waals surface area contributed by atoms with Crippen molar-refractivity contribution in [3.05, 3.63) is 40.6 Å². The molecule has 0 amide bonds. The Morgan fingerprint density at radius 2 is 1.74 bits per heavy atom. The maximum absolute atomic E-state index is 6.16. The van der Waals surface area contributed by atoms with Crippen molar-refractivity contribution >= 4 is 0 Å². The van der Waals surface area contributed by atoms with E-state index in [9.17, 15) is 0 Å². The molecule has 3 nitrogen and oxygen atoms in total. The smallest absolute Gasteiger partial charge is 0.225 e. The standard InChI is InChI=1S/C18H24N2O.C2H6/c1-12-7-5-6-8-16(12)21-17-14-9-10-18(3,4)11-15(14)19-13(2)20-17;1-2/h7-8H,5-6,9-11H2,1-4H3;1-2H3. The van der Waals surface area contributed by atoms with Crippen molar-refractivity contribution < 1.29 is 4.74 Å². The zero-order valence-electron chi connectivity index (χ0n) is 15.5. The van der Waals surface area contributed by atoms with Gasteiger partial charge < -0.3 is 4.74 Å². The number of hydrogen-bond acceptors (Lipinski definition) is 3. The van der Waals surface area contributed by atoms with E-state index in [0.29, 0.717) is 5.41 Å². The van der Waals surface area contributed by atoms with E-state index in [1.165, 1.54) is 16.8 Å². The number of ether oxygens (including phenoxy) is 1. The van der Waals surface area contributed by atoms with Gasteiger partial charge in [-0.05, 0) is 63.0 Å². The van der Waals surface area contributed by atoms with Gasteiger partial charge in [0.05, 0.1) is 5.69 Å². The van der Waals surface area contributed by atoms with Gasteiger partial charge in [0, 0.05) is 5.56 Å². The van der Waals surface area contributed by atoms with Crippen molar-refractivity contribution in [2.24, 2.45) is 5.41 Å². The van der Waals surface area contributed by atoms with Crippen LogP contribution in [0.1, 0.15) is 71.0 Å². The van der Waals surface area contributed by atoms with Gasteiger partial charge >= 0.3 is 0 Å². The first-order valence-electron chi connectivity index (χ1n) is 8.86. The predicted molar refractivity (Wildman–Crippen MR) is 95.6 cm³/mol. The zero-order valence-corrected chi connectivity index (χ0v) is 15.5. The average Bonchev–Trinajstić information content (AvgIpc) is 2.50. The van der Waals surface area contributed by atoms with E-state index in [-0.39, 0.29) is 0 Å². The third-order valence-electron chi connectivity index (χ3n) is 4.41. The summed E-state index contributed by atoms with van der Waals surface area (Å²) < 4.78 is 6.16. The Labute approximate surface area is 140 Å². The highest BCUT2D eigenvalue weighted by molar-refractivity contribution is 5.38. The molecule has 0 radical (unpaired) electrons. The van der Waals surface area contributed by atoms with Crippen molar-refractivity contribution in [2.45, 2.75) is 73.6 Å². The molecule has 0 atom stereocenters. The minimum Gasteiger partial charge on any atom is -0.439 e. The topological polar surface area (TPSA) is 35.0 Å². The van der Waals surface area contributed by atoms with Gasteiger partial charge in [-0.15, -0.1) is 0 Å². The van der Waals surface area contributed by atoms with E-state index in [2.05, 4.69) is 42.9 Å². The number of aryl methyl sites for hydroxylation is 1. The van der Waals surface area contributed by atoms with E-state index in [1.807, 2.05) is 20.8 Å². The highest BCUT2D eigenvalue weighted by Crippen LogP contribution is 2.37. The lowest BCUT2D eigenvalue weighted by atomic mass is 9.76. The summed E-state index contributed by atoms with van der Waals surface area (Å²) >= 11 is 0. The summed E-state index contributed by atoms with van der Waals surface area (Å²) in [6, 6.07) is 0. The largest absolute Gasteiger partial charge is 0.439 e. The number of allylic oxidation sites excluding steroid dienone is 3. The van der Waals surface area contributed by atoms with Crippen LogP contribution in [0.3, 0.4) is 0 Å². The minimum absolute atomic E-state index is 0.324. The quantitative estimate of drug-likeness (QED) is 0.740. The van der Waals surface area contributed by atoms with Gasteiger partial charge in [0.2, 0.25) is 5.88 Å². The fourth-order valence-corrected chi connectivity index (χ4v) is 3.11. The molecule has 0 N–H and O–H groups in total. The first-order chi connectivity index (χ1) is 10.9. The van der Waals surface area contributed by atoms with E-state index < -0.39 is 0 Å². The lowest BCUT2D eigenvalue weighted by molar-refractivity contribution is 0.301. The molecule has 1 aromatic heterocycles. The van der Waals surface area contributed by atoms with Crippen molar-refractivity contribution in [1.82, 2.24) is 9.97 Å². The summed E-state index contributed by atoms with van der Waals surface area (Å²) in [6.07, 6.45) is 9.74. The summed E-state index contributed by atoms with van der Waals surface area (Å²) in [4.78, 5) is 9.22. The van der Waals surface area contributed by atoms with Crippen LogP contribution in [0.5, 0.6) is 5.88 Å². The first-order valence-corrected chi connectivity index (χ1v) is 8.86. The molecule has 1 aromatic rings. The van der Waals surface area contributed by atoms with Crippen LogP contribution in [0.2, 0.25) is 0 Å². The highest BCUT2D eigenvalue weighted by atomic mass is 16.5. The molecule has 0 spiro atoms. The predicted octanol–water partition coefficient (Wildman–Crippen LogP) is 5.33. The second kappa shape index (κ2) is 7.29. The number of nitrogens with zero attached hydrogens (tertiary/aromatic N) is 2. The number of hydrogen-bond donors (Lipinski definition) is 0. The Morgan fingerprint density at radius 3 is 2.43 bits per heavy atom. The minimum atomic E-state index is 0.324. The van der Waals surface area contributed by atoms with Gasteiger partial charge in [-0.25, -0.2) is 4.98 Å². The van der Waals surface area contributed by atoms with Gasteiger partial charge in [-0.1, -0.05) is 33.8 Å². The molecule has 0 bridgehead atoms. The van der Waals surface area contributed by atoms with Crippen LogP contribution in [0.4, 0.5) is 0 Å². The Bertz CT molecular complexity index is 627. The van der Waals surface area contributed by atoms with Crippen LogP contribution in [0, 0.1) is 12.3 Å². The zero-order chi connectivity index (χ0) is 17.0. The molecule has 0 saturated heterocycles. The fourth-order valence-electron chi connectivity index (χ4n) is 3.11. The molecular formula is C20H30N2O. The molecule has 2 aliphatic rings. The van der Waals surface area contributed by atoms with E-state index in [4.69, 9.17) is 4.74 Å². The van der Waals surface area contributed by atoms with Crippen molar-refractivity contribution in [3.8, 4) is 5.88 Å². The summed E-state index contributed by atoms with van der Waals surface area (Å²) in [5, 5.41) is 0. The average molecular weight is 314 g/mol. The van der Waals surface area contributed by atoms with Crippen molar-refractivity contribution in [3.63, 3.8) is 0 Å².